The van der Waals surface area contributed by atoms with E-state index < -0.39 is 0 Å². The van der Waals surface area contributed by atoms with Crippen molar-refractivity contribution < 1.29 is 4.74 Å². The Morgan fingerprint density at radius 1 is 1.29 bits per heavy atom. The Balaban J connectivity index is 3.61. The van der Waals surface area contributed by atoms with E-state index in [0.29, 0.717) is 6.04 Å². The third kappa shape index (κ3) is 8.52. The minimum absolute atomic E-state index is 0.685. The van der Waals surface area contributed by atoms with Crippen LogP contribution in [0, 0.1) is 5.92 Å². The zero-order valence-corrected chi connectivity index (χ0v) is 10.3. The molecule has 2 nitrogen and oxygen atoms in total. The summed E-state index contributed by atoms with van der Waals surface area (Å²) in [6.45, 7) is 8.63. The van der Waals surface area contributed by atoms with Crippen LogP contribution in [0.2, 0.25) is 0 Å². The lowest BCUT2D eigenvalue weighted by Crippen LogP contribution is -2.33. The van der Waals surface area contributed by atoms with E-state index in [4.69, 9.17) is 4.74 Å². The van der Waals surface area contributed by atoms with Gasteiger partial charge in [0.2, 0.25) is 0 Å². The molecule has 0 spiro atoms. The van der Waals surface area contributed by atoms with Crippen molar-refractivity contribution in [3.05, 3.63) is 0 Å². The summed E-state index contributed by atoms with van der Waals surface area (Å²) in [5, 5.41) is 3.56. The zero-order chi connectivity index (χ0) is 10.8. The number of methoxy groups -OCH3 is 1. The number of hydrogen-bond donors (Lipinski definition) is 1. The first-order valence-electron chi connectivity index (χ1n) is 5.93. The molecule has 0 aromatic heterocycles. The van der Waals surface area contributed by atoms with Crippen molar-refractivity contribution in [1.29, 1.82) is 0 Å². The third-order valence-corrected chi connectivity index (χ3v) is 2.40. The van der Waals surface area contributed by atoms with Gasteiger partial charge in [-0.2, -0.15) is 0 Å². The maximum atomic E-state index is 5.04. The number of nitrogens with one attached hydrogen (secondary N) is 1. The molecule has 0 aromatic carbocycles. The van der Waals surface area contributed by atoms with Gasteiger partial charge in [0, 0.05) is 19.7 Å². The normalized spacial score (nSPS) is 13.5. The monoisotopic (exact) mass is 201 g/mol. The molecule has 0 aliphatic rings. The lowest BCUT2D eigenvalue weighted by Gasteiger charge is -2.20. The Bertz CT molecular complexity index is 115. The second-order valence-electron chi connectivity index (χ2n) is 4.42. The van der Waals surface area contributed by atoms with Gasteiger partial charge in [-0.1, -0.05) is 33.6 Å². The van der Waals surface area contributed by atoms with Crippen molar-refractivity contribution in [1.82, 2.24) is 5.32 Å². The number of ether oxygens (including phenoxy) is 1. The van der Waals surface area contributed by atoms with Crippen LogP contribution in [0.15, 0.2) is 0 Å². The topological polar surface area (TPSA) is 21.3 Å². The molecule has 0 bridgehead atoms. The van der Waals surface area contributed by atoms with Crippen LogP contribution < -0.4 is 5.32 Å². The van der Waals surface area contributed by atoms with E-state index in [1.54, 1.807) is 7.11 Å². The molecule has 0 radical (unpaired) electrons. The molecule has 0 saturated carbocycles. The Kier molecular flexibility index (Phi) is 9.42. The highest BCUT2D eigenvalue weighted by Gasteiger charge is 2.08. The van der Waals surface area contributed by atoms with Crippen molar-refractivity contribution >= 4 is 0 Å². The summed E-state index contributed by atoms with van der Waals surface area (Å²) in [4.78, 5) is 0. The van der Waals surface area contributed by atoms with Gasteiger partial charge in [-0.3, -0.25) is 0 Å². The van der Waals surface area contributed by atoms with Gasteiger partial charge in [0.15, 0.2) is 0 Å². The van der Waals surface area contributed by atoms with E-state index in [1.807, 2.05) is 0 Å². The Morgan fingerprint density at radius 2 is 2.00 bits per heavy atom. The van der Waals surface area contributed by atoms with Gasteiger partial charge in [0.1, 0.15) is 0 Å². The molecule has 0 aliphatic carbocycles. The van der Waals surface area contributed by atoms with Crippen LogP contribution in [0.3, 0.4) is 0 Å². The largest absolute Gasteiger partial charge is 0.383 e. The molecular weight excluding hydrogens is 174 g/mol. The van der Waals surface area contributed by atoms with Gasteiger partial charge in [0.05, 0.1) is 6.61 Å². The smallest absolute Gasteiger partial charge is 0.0587 e. The SMILES string of the molecule is CCCCC(CC(C)C)NCCOC. The molecule has 0 amide bonds. The van der Waals surface area contributed by atoms with Crippen LogP contribution in [-0.2, 0) is 4.74 Å². The first kappa shape index (κ1) is 13.9. The maximum absolute atomic E-state index is 5.04. The van der Waals surface area contributed by atoms with Gasteiger partial charge >= 0.3 is 0 Å². The van der Waals surface area contributed by atoms with Crippen molar-refractivity contribution in [3.63, 3.8) is 0 Å². The van der Waals surface area contributed by atoms with E-state index in [2.05, 4.69) is 26.1 Å². The minimum atomic E-state index is 0.685. The quantitative estimate of drug-likeness (QED) is 0.579. The highest BCUT2D eigenvalue weighted by Crippen LogP contribution is 2.10. The lowest BCUT2D eigenvalue weighted by molar-refractivity contribution is 0.192. The van der Waals surface area contributed by atoms with Crippen molar-refractivity contribution in [2.24, 2.45) is 5.92 Å². The fraction of sp³-hybridized carbons (Fsp3) is 1.00. The fourth-order valence-electron chi connectivity index (χ4n) is 1.69. The van der Waals surface area contributed by atoms with Gasteiger partial charge in [-0.25, -0.2) is 0 Å². The third-order valence-electron chi connectivity index (χ3n) is 2.40. The zero-order valence-electron chi connectivity index (χ0n) is 10.3. The van der Waals surface area contributed by atoms with Crippen LogP contribution in [-0.4, -0.2) is 26.3 Å². The highest BCUT2D eigenvalue weighted by molar-refractivity contribution is 4.68. The van der Waals surface area contributed by atoms with E-state index in [1.165, 1.54) is 25.7 Å². The van der Waals surface area contributed by atoms with Crippen LogP contribution >= 0.6 is 0 Å². The predicted molar refractivity (Wildman–Crippen MR) is 62.6 cm³/mol. The standard InChI is InChI=1S/C12H27NO/c1-5-6-7-12(10-11(2)3)13-8-9-14-4/h11-13H,5-10H2,1-4H3. The fourth-order valence-corrected chi connectivity index (χ4v) is 1.69. The van der Waals surface area contributed by atoms with Gasteiger partial charge in [0.25, 0.3) is 0 Å². The number of rotatable bonds is 9. The van der Waals surface area contributed by atoms with Gasteiger partial charge < -0.3 is 10.1 Å². The summed E-state index contributed by atoms with van der Waals surface area (Å²) < 4.78 is 5.04. The van der Waals surface area contributed by atoms with Crippen molar-refractivity contribution in [2.75, 3.05) is 20.3 Å². The average Bonchev–Trinajstić information content (AvgIpc) is 2.13. The van der Waals surface area contributed by atoms with E-state index in [9.17, 15) is 0 Å². The molecule has 0 heterocycles. The molecule has 1 unspecified atom stereocenters. The minimum Gasteiger partial charge on any atom is -0.383 e. The second-order valence-corrected chi connectivity index (χ2v) is 4.42. The molecule has 14 heavy (non-hydrogen) atoms. The molecule has 1 N–H and O–H groups in total. The number of unbranched alkanes of at least 4 members (excludes halogenated alkanes) is 1. The molecule has 0 saturated heterocycles. The number of hydrogen-bond acceptors (Lipinski definition) is 2. The molecule has 1 atom stereocenters. The van der Waals surface area contributed by atoms with Crippen LogP contribution in [0.4, 0.5) is 0 Å². The van der Waals surface area contributed by atoms with Gasteiger partial charge in [-0.05, 0) is 18.8 Å². The summed E-state index contributed by atoms with van der Waals surface area (Å²) in [5.41, 5.74) is 0. The summed E-state index contributed by atoms with van der Waals surface area (Å²) in [6.07, 6.45) is 5.21. The molecule has 0 aliphatic heterocycles. The van der Waals surface area contributed by atoms with Crippen LogP contribution in [0.5, 0.6) is 0 Å². The molecule has 2 heteroatoms. The first-order chi connectivity index (χ1) is 6.70. The van der Waals surface area contributed by atoms with Crippen LogP contribution in [0.1, 0.15) is 46.5 Å². The second kappa shape index (κ2) is 9.47. The molecule has 0 fully saturated rings. The van der Waals surface area contributed by atoms with E-state index >= 15 is 0 Å². The summed E-state index contributed by atoms with van der Waals surface area (Å²) in [5.74, 6) is 0.784. The van der Waals surface area contributed by atoms with Gasteiger partial charge in [-0.15, -0.1) is 0 Å². The first-order valence-corrected chi connectivity index (χ1v) is 5.93. The lowest BCUT2D eigenvalue weighted by atomic mass is 9.99. The Hall–Kier alpha value is -0.0800. The van der Waals surface area contributed by atoms with E-state index in [0.717, 1.165) is 19.1 Å². The summed E-state index contributed by atoms with van der Waals surface area (Å²) in [7, 11) is 1.76. The Labute approximate surface area is 89.4 Å². The average molecular weight is 201 g/mol. The highest BCUT2D eigenvalue weighted by atomic mass is 16.5. The predicted octanol–water partition coefficient (Wildman–Crippen LogP) is 2.83. The summed E-state index contributed by atoms with van der Waals surface area (Å²) in [6, 6.07) is 0.685. The Morgan fingerprint density at radius 3 is 2.50 bits per heavy atom. The van der Waals surface area contributed by atoms with E-state index in [-0.39, 0.29) is 0 Å². The maximum Gasteiger partial charge on any atom is 0.0587 e. The molecule has 0 aromatic rings. The molecular formula is C12H27NO. The molecule has 86 valence electrons. The molecule has 0 rings (SSSR count). The summed E-state index contributed by atoms with van der Waals surface area (Å²) >= 11 is 0. The van der Waals surface area contributed by atoms with Crippen molar-refractivity contribution in [2.45, 2.75) is 52.5 Å². The van der Waals surface area contributed by atoms with Crippen molar-refractivity contribution in [3.8, 4) is 0 Å². The van der Waals surface area contributed by atoms with Crippen LogP contribution in [0.25, 0.3) is 0 Å².